The highest BCUT2D eigenvalue weighted by molar-refractivity contribution is 6.16. The van der Waals surface area contributed by atoms with Crippen LogP contribution >= 0.6 is 11.6 Å². The second kappa shape index (κ2) is 5.02. The first kappa shape index (κ1) is 12.2. The van der Waals surface area contributed by atoms with E-state index in [2.05, 4.69) is 26.8 Å². The van der Waals surface area contributed by atoms with Crippen molar-refractivity contribution >= 4 is 17.4 Å². The highest BCUT2D eigenvalue weighted by Crippen LogP contribution is 2.29. The third kappa shape index (κ3) is 2.19. The van der Waals surface area contributed by atoms with Crippen molar-refractivity contribution in [2.24, 2.45) is 0 Å². The number of alkyl halides is 1. The van der Waals surface area contributed by atoms with E-state index in [0.29, 0.717) is 11.9 Å². The van der Waals surface area contributed by atoms with Crippen LogP contribution in [0.3, 0.4) is 0 Å². The van der Waals surface area contributed by atoms with Crippen LogP contribution in [0.1, 0.15) is 25.0 Å². The molecule has 1 aromatic heterocycles. The molecule has 3 heterocycles. The molecule has 18 heavy (non-hydrogen) atoms. The Morgan fingerprint density at radius 3 is 2.94 bits per heavy atom. The monoisotopic (exact) mass is 266 g/mol. The van der Waals surface area contributed by atoms with E-state index >= 15 is 0 Å². The molecule has 2 aliphatic rings. The van der Waals surface area contributed by atoms with Crippen molar-refractivity contribution in [1.82, 2.24) is 14.9 Å². The molecule has 1 aromatic rings. The van der Waals surface area contributed by atoms with E-state index in [1.165, 1.54) is 19.3 Å². The first-order chi connectivity index (χ1) is 8.78. The highest BCUT2D eigenvalue weighted by Gasteiger charge is 2.34. The van der Waals surface area contributed by atoms with E-state index in [9.17, 15) is 0 Å². The number of rotatable bonds is 2. The average molecular weight is 267 g/mol. The Balaban J connectivity index is 1.80. The second-order valence-electron chi connectivity index (χ2n) is 5.29. The lowest BCUT2D eigenvalue weighted by Crippen LogP contribution is -2.37. The van der Waals surface area contributed by atoms with Gasteiger partial charge in [0.25, 0.3) is 0 Å². The summed E-state index contributed by atoms with van der Waals surface area (Å²) in [6, 6.07) is 1.42. The number of aromatic nitrogens is 2. The zero-order valence-electron chi connectivity index (χ0n) is 10.7. The lowest BCUT2D eigenvalue weighted by molar-refractivity contribution is 0.254. The minimum absolute atomic E-state index is 0.431. The Hall–Kier alpha value is -0.870. The molecule has 2 unspecified atom stereocenters. The molecule has 0 N–H and O–H groups in total. The average Bonchev–Trinajstić information content (AvgIpc) is 2.63. The summed E-state index contributed by atoms with van der Waals surface area (Å²) in [7, 11) is 2.26. The van der Waals surface area contributed by atoms with E-state index in [0.717, 1.165) is 30.6 Å². The summed E-state index contributed by atoms with van der Waals surface area (Å²) < 4.78 is 0. The number of halogens is 1. The summed E-state index contributed by atoms with van der Waals surface area (Å²) in [5.74, 6) is 1.41. The van der Waals surface area contributed by atoms with Gasteiger partial charge in [0.15, 0.2) is 0 Å². The smallest absolute Gasteiger partial charge is 0.147 e. The molecule has 5 heteroatoms. The van der Waals surface area contributed by atoms with Gasteiger partial charge in [-0.05, 0) is 26.3 Å². The topological polar surface area (TPSA) is 32.3 Å². The van der Waals surface area contributed by atoms with Crippen molar-refractivity contribution in [2.75, 3.05) is 25.0 Å². The first-order valence-corrected chi connectivity index (χ1v) is 7.15. The number of anilines is 1. The molecule has 2 bridgehead atoms. The van der Waals surface area contributed by atoms with Gasteiger partial charge >= 0.3 is 0 Å². The number of hydrogen-bond acceptors (Lipinski definition) is 4. The Kier molecular flexibility index (Phi) is 3.39. The van der Waals surface area contributed by atoms with Crippen LogP contribution in [-0.2, 0) is 5.88 Å². The Morgan fingerprint density at radius 1 is 1.28 bits per heavy atom. The van der Waals surface area contributed by atoms with Gasteiger partial charge in [-0.15, -0.1) is 11.6 Å². The van der Waals surface area contributed by atoms with Gasteiger partial charge in [-0.25, -0.2) is 4.98 Å². The molecule has 4 nitrogen and oxygen atoms in total. The Morgan fingerprint density at radius 2 is 2.11 bits per heavy atom. The molecule has 0 aromatic carbocycles. The van der Waals surface area contributed by atoms with Crippen LogP contribution in [0.25, 0.3) is 0 Å². The number of nitrogens with zero attached hydrogens (tertiary/aromatic N) is 4. The van der Waals surface area contributed by atoms with Gasteiger partial charge in [-0.2, -0.15) is 0 Å². The second-order valence-corrected chi connectivity index (χ2v) is 5.55. The maximum absolute atomic E-state index is 5.83. The van der Waals surface area contributed by atoms with Gasteiger partial charge in [-0.1, -0.05) is 0 Å². The standard InChI is InChI=1S/C13H19ClN4/c1-17-11-2-3-12(17)9-18(5-4-11)13-8-15-7-10(6-14)16-13/h7-8,11-12H,2-6,9H2,1H3. The first-order valence-electron chi connectivity index (χ1n) is 6.61. The maximum atomic E-state index is 5.83. The molecule has 2 atom stereocenters. The Labute approximate surface area is 113 Å². The van der Waals surface area contributed by atoms with Crippen LogP contribution in [0.5, 0.6) is 0 Å². The van der Waals surface area contributed by atoms with E-state index < -0.39 is 0 Å². The zero-order valence-corrected chi connectivity index (χ0v) is 11.5. The normalized spacial score (nSPS) is 28.4. The van der Waals surface area contributed by atoms with Crippen LogP contribution in [0.4, 0.5) is 5.82 Å². The summed E-state index contributed by atoms with van der Waals surface area (Å²) in [6.45, 7) is 2.14. The Bertz CT molecular complexity index is 425. The predicted molar refractivity (Wildman–Crippen MR) is 73.0 cm³/mol. The SMILES string of the molecule is CN1C2CCC1CN(c1cncc(CCl)n1)CC2. The molecule has 2 fully saturated rings. The van der Waals surface area contributed by atoms with E-state index in [4.69, 9.17) is 11.6 Å². The number of fused-ring (bicyclic) bond motifs is 2. The maximum Gasteiger partial charge on any atom is 0.147 e. The number of hydrogen-bond donors (Lipinski definition) is 0. The predicted octanol–water partition coefficient (Wildman–Crippen LogP) is 1.89. The van der Waals surface area contributed by atoms with Gasteiger partial charge in [0.2, 0.25) is 0 Å². The van der Waals surface area contributed by atoms with Crippen molar-refractivity contribution in [3.8, 4) is 0 Å². The third-order valence-corrected chi connectivity index (χ3v) is 4.55. The molecule has 2 saturated heterocycles. The summed E-state index contributed by atoms with van der Waals surface area (Å²) in [4.78, 5) is 13.7. The quantitative estimate of drug-likeness (QED) is 0.766. The summed E-state index contributed by atoms with van der Waals surface area (Å²) in [5.41, 5.74) is 0.858. The fourth-order valence-electron chi connectivity index (χ4n) is 3.13. The molecule has 98 valence electrons. The molecule has 3 rings (SSSR count). The van der Waals surface area contributed by atoms with E-state index in [-0.39, 0.29) is 0 Å². The molecule has 2 aliphatic heterocycles. The van der Waals surface area contributed by atoms with Crippen LogP contribution in [0, 0.1) is 0 Å². The molecule has 0 saturated carbocycles. The summed E-state index contributed by atoms with van der Waals surface area (Å²) in [6.07, 6.45) is 7.48. The largest absolute Gasteiger partial charge is 0.354 e. The lowest BCUT2D eigenvalue weighted by Gasteiger charge is -2.26. The van der Waals surface area contributed by atoms with Gasteiger partial charge in [0.1, 0.15) is 5.82 Å². The van der Waals surface area contributed by atoms with Gasteiger partial charge < -0.3 is 4.90 Å². The van der Waals surface area contributed by atoms with Gasteiger partial charge in [0, 0.05) is 31.4 Å². The minimum Gasteiger partial charge on any atom is -0.354 e. The van der Waals surface area contributed by atoms with Crippen LogP contribution < -0.4 is 4.90 Å². The summed E-state index contributed by atoms with van der Waals surface area (Å²) >= 11 is 5.83. The molecule has 0 aliphatic carbocycles. The van der Waals surface area contributed by atoms with Crippen molar-refractivity contribution < 1.29 is 0 Å². The lowest BCUT2D eigenvalue weighted by atomic mass is 10.1. The fraction of sp³-hybridized carbons (Fsp3) is 0.692. The highest BCUT2D eigenvalue weighted by atomic mass is 35.5. The van der Waals surface area contributed by atoms with Crippen LogP contribution in [0.2, 0.25) is 0 Å². The molecule has 0 radical (unpaired) electrons. The molecule has 0 amide bonds. The van der Waals surface area contributed by atoms with Crippen LogP contribution in [0.15, 0.2) is 12.4 Å². The van der Waals surface area contributed by atoms with Crippen molar-refractivity contribution in [2.45, 2.75) is 37.2 Å². The van der Waals surface area contributed by atoms with Crippen molar-refractivity contribution in [3.05, 3.63) is 18.1 Å². The zero-order chi connectivity index (χ0) is 12.5. The fourth-order valence-corrected chi connectivity index (χ4v) is 3.26. The molecule has 0 spiro atoms. The molecular formula is C13H19ClN4. The van der Waals surface area contributed by atoms with Crippen molar-refractivity contribution in [1.29, 1.82) is 0 Å². The van der Waals surface area contributed by atoms with Crippen LogP contribution in [-0.4, -0.2) is 47.1 Å². The van der Waals surface area contributed by atoms with Gasteiger partial charge in [0.05, 0.1) is 17.8 Å². The van der Waals surface area contributed by atoms with Gasteiger partial charge in [-0.3, -0.25) is 9.88 Å². The number of likely N-dealkylation sites (N-methyl/N-ethyl adjacent to an activating group) is 1. The summed E-state index contributed by atoms with van der Waals surface area (Å²) in [5, 5.41) is 0. The molecular weight excluding hydrogens is 248 g/mol. The van der Waals surface area contributed by atoms with E-state index in [1.807, 2.05) is 6.20 Å². The van der Waals surface area contributed by atoms with Crippen molar-refractivity contribution in [3.63, 3.8) is 0 Å². The third-order valence-electron chi connectivity index (χ3n) is 4.28. The van der Waals surface area contributed by atoms with E-state index in [1.54, 1.807) is 6.20 Å². The minimum atomic E-state index is 0.431.